The first-order valence-electron chi connectivity index (χ1n) is 7.42. The molecule has 0 radical (unpaired) electrons. The lowest BCUT2D eigenvalue weighted by atomic mass is 10.2. The number of aromatic nitrogens is 3. The third kappa shape index (κ3) is 4.14. The Hall–Kier alpha value is -3.01. The van der Waals surface area contributed by atoms with Crippen molar-refractivity contribution in [3.8, 4) is 0 Å². The number of benzene rings is 1. The highest BCUT2D eigenvalue weighted by Gasteiger charge is 2.29. The summed E-state index contributed by atoms with van der Waals surface area (Å²) in [7, 11) is 0. The predicted octanol–water partition coefficient (Wildman–Crippen LogP) is 3.69. The van der Waals surface area contributed by atoms with E-state index < -0.39 is 11.7 Å². The molecule has 0 saturated heterocycles. The van der Waals surface area contributed by atoms with Gasteiger partial charge in [-0.1, -0.05) is 0 Å². The zero-order valence-electron chi connectivity index (χ0n) is 13.4. The van der Waals surface area contributed by atoms with Crippen molar-refractivity contribution in [3.05, 3.63) is 54.0 Å². The largest absolute Gasteiger partial charge is 0.416 e. The Balaban J connectivity index is 1.63. The van der Waals surface area contributed by atoms with Crippen LogP contribution in [-0.2, 0) is 6.18 Å². The standard InChI is InChI=1S/C16H13F3N6S/c1-9(13-22-12-3-2-8-20-14(12)23-13)24-25-15(26)21-11-6-4-10(5-7-11)16(17,18)19/h2-8H,1H3,(H,20,22,23)(H2,21,25,26)/b24-9+. The molecule has 6 nitrogen and oxygen atoms in total. The Morgan fingerprint density at radius 2 is 1.92 bits per heavy atom. The molecule has 0 unspecified atom stereocenters. The van der Waals surface area contributed by atoms with Crippen LogP contribution in [0.4, 0.5) is 18.9 Å². The molecule has 10 heteroatoms. The molecule has 2 aromatic heterocycles. The van der Waals surface area contributed by atoms with Crippen molar-refractivity contribution in [2.75, 3.05) is 5.32 Å². The first kappa shape index (κ1) is 17.8. The Morgan fingerprint density at radius 3 is 2.58 bits per heavy atom. The summed E-state index contributed by atoms with van der Waals surface area (Å²) in [6.45, 7) is 1.73. The molecule has 2 heterocycles. The minimum Gasteiger partial charge on any atom is -0.336 e. The summed E-state index contributed by atoms with van der Waals surface area (Å²) in [5.74, 6) is 0.531. The van der Waals surface area contributed by atoms with Gasteiger partial charge in [-0.25, -0.2) is 9.97 Å². The second kappa shape index (κ2) is 7.08. The average Bonchev–Trinajstić information content (AvgIpc) is 3.03. The van der Waals surface area contributed by atoms with E-state index in [4.69, 9.17) is 12.2 Å². The van der Waals surface area contributed by atoms with Gasteiger partial charge in [0.1, 0.15) is 5.71 Å². The summed E-state index contributed by atoms with van der Waals surface area (Å²) < 4.78 is 37.6. The topological polar surface area (TPSA) is 78.0 Å². The van der Waals surface area contributed by atoms with Crippen LogP contribution in [0.2, 0.25) is 0 Å². The number of pyridine rings is 1. The van der Waals surface area contributed by atoms with E-state index in [1.54, 1.807) is 19.2 Å². The highest BCUT2D eigenvalue weighted by Crippen LogP contribution is 2.29. The summed E-state index contributed by atoms with van der Waals surface area (Å²) in [4.78, 5) is 11.5. The van der Waals surface area contributed by atoms with Gasteiger partial charge >= 0.3 is 6.18 Å². The lowest BCUT2D eigenvalue weighted by Gasteiger charge is -2.10. The number of hydrazone groups is 1. The Labute approximate surface area is 151 Å². The van der Waals surface area contributed by atoms with Crippen LogP contribution in [0, 0.1) is 0 Å². The lowest BCUT2D eigenvalue weighted by molar-refractivity contribution is -0.137. The van der Waals surface area contributed by atoms with Crippen LogP contribution in [0.3, 0.4) is 0 Å². The zero-order valence-corrected chi connectivity index (χ0v) is 14.2. The fourth-order valence-corrected chi connectivity index (χ4v) is 2.27. The lowest BCUT2D eigenvalue weighted by Crippen LogP contribution is -2.25. The van der Waals surface area contributed by atoms with Crippen LogP contribution in [0.5, 0.6) is 0 Å². The van der Waals surface area contributed by atoms with Crippen LogP contribution in [0.25, 0.3) is 11.2 Å². The SMILES string of the molecule is C/C(=N\NC(=S)Nc1ccc(C(F)(F)F)cc1)c1nc2ncccc2[nH]1. The molecule has 3 N–H and O–H groups in total. The second-order valence-corrected chi connectivity index (χ2v) is 5.71. The number of nitrogens with zero attached hydrogens (tertiary/aromatic N) is 3. The van der Waals surface area contributed by atoms with E-state index >= 15 is 0 Å². The number of H-pyrrole nitrogens is 1. The van der Waals surface area contributed by atoms with Crippen LogP contribution >= 0.6 is 12.2 Å². The monoisotopic (exact) mass is 378 g/mol. The molecule has 1 aromatic carbocycles. The molecular formula is C16H13F3N6S. The van der Waals surface area contributed by atoms with E-state index in [0.29, 0.717) is 22.9 Å². The first-order valence-corrected chi connectivity index (χ1v) is 7.83. The number of rotatable bonds is 3. The fraction of sp³-hybridized carbons (Fsp3) is 0.125. The van der Waals surface area contributed by atoms with Crippen LogP contribution < -0.4 is 10.7 Å². The molecule has 26 heavy (non-hydrogen) atoms. The van der Waals surface area contributed by atoms with Gasteiger partial charge in [-0.3, -0.25) is 5.43 Å². The highest BCUT2D eigenvalue weighted by atomic mass is 32.1. The molecule has 3 aromatic rings. The number of hydrogen-bond acceptors (Lipinski definition) is 4. The van der Waals surface area contributed by atoms with E-state index in [9.17, 15) is 13.2 Å². The van der Waals surface area contributed by atoms with E-state index in [1.807, 2.05) is 6.07 Å². The van der Waals surface area contributed by atoms with Crippen molar-refractivity contribution in [1.29, 1.82) is 0 Å². The molecular weight excluding hydrogens is 365 g/mol. The van der Waals surface area contributed by atoms with Gasteiger partial charge < -0.3 is 10.3 Å². The summed E-state index contributed by atoms with van der Waals surface area (Å²) in [5.41, 5.74) is 4.20. The van der Waals surface area contributed by atoms with E-state index in [0.717, 1.165) is 17.6 Å². The number of fused-ring (bicyclic) bond motifs is 1. The molecule has 0 aliphatic carbocycles. The van der Waals surface area contributed by atoms with Crippen molar-refractivity contribution in [2.45, 2.75) is 13.1 Å². The minimum atomic E-state index is -4.37. The van der Waals surface area contributed by atoms with E-state index in [-0.39, 0.29) is 5.11 Å². The molecule has 0 fully saturated rings. The third-order valence-electron chi connectivity index (χ3n) is 3.40. The molecule has 134 valence electrons. The smallest absolute Gasteiger partial charge is 0.336 e. The van der Waals surface area contributed by atoms with Gasteiger partial charge in [0, 0.05) is 11.9 Å². The van der Waals surface area contributed by atoms with Crippen LogP contribution in [0.1, 0.15) is 18.3 Å². The van der Waals surface area contributed by atoms with Crippen molar-refractivity contribution in [2.24, 2.45) is 5.10 Å². The number of imidazole rings is 1. The molecule has 0 atom stereocenters. The quantitative estimate of drug-likeness (QED) is 0.368. The summed E-state index contributed by atoms with van der Waals surface area (Å²) in [6, 6.07) is 8.16. The van der Waals surface area contributed by atoms with Gasteiger partial charge in [-0.05, 0) is 55.5 Å². The molecule has 0 spiro atoms. The van der Waals surface area contributed by atoms with Crippen molar-refractivity contribution in [1.82, 2.24) is 20.4 Å². The van der Waals surface area contributed by atoms with Crippen LogP contribution in [-0.4, -0.2) is 25.8 Å². The number of halogens is 3. The molecule has 0 aliphatic heterocycles. The summed E-state index contributed by atoms with van der Waals surface area (Å²) in [5, 5.41) is 7.00. The Morgan fingerprint density at radius 1 is 1.19 bits per heavy atom. The number of alkyl halides is 3. The Bertz CT molecular complexity index is 929. The van der Waals surface area contributed by atoms with Gasteiger partial charge in [0.05, 0.1) is 11.1 Å². The highest BCUT2D eigenvalue weighted by molar-refractivity contribution is 7.80. The van der Waals surface area contributed by atoms with Gasteiger partial charge in [-0.15, -0.1) is 0 Å². The number of nitrogens with one attached hydrogen (secondary N) is 3. The molecule has 0 amide bonds. The number of thiocarbonyl (C=S) groups is 1. The Kier molecular flexibility index (Phi) is 4.85. The van der Waals surface area contributed by atoms with Gasteiger partial charge in [-0.2, -0.15) is 18.3 Å². The molecule has 0 aliphatic rings. The number of hydrogen-bond donors (Lipinski definition) is 3. The van der Waals surface area contributed by atoms with Gasteiger partial charge in [0.2, 0.25) is 0 Å². The normalized spacial score (nSPS) is 12.2. The minimum absolute atomic E-state index is 0.137. The van der Waals surface area contributed by atoms with Gasteiger partial charge in [0.25, 0.3) is 0 Å². The average molecular weight is 378 g/mol. The van der Waals surface area contributed by atoms with Crippen molar-refractivity contribution in [3.63, 3.8) is 0 Å². The molecule has 0 bridgehead atoms. The maximum Gasteiger partial charge on any atom is 0.416 e. The zero-order chi connectivity index (χ0) is 18.7. The number of anilines is 1. The first-order chi connectivity index (χ1) is 12.3. The molecule has 3 rings (SSSR count). The summed E-state index contributed by atoms with van der Waals surface area (Å²) in [6.07, 6.45) is -2.74. The van der Waals surface area contributed by atoms with E-state index in [1.165, 1.54) is 12.1 Å². The third-order valence-corrected chi connectivity index (χ3v) is 3.59. The maximum atomic E-state index is 12.5. The second-order valence-electron chi connectivity index (χ2n) is 5.30. The van der Waals surface area contributed by atoms with Crippen LogP contribution in [0.15, 0.2) is 47.7 Å². The summed E-state index contributed by atoms with van der Waals surface area (Å²) >= 11 is 5.08. The van der Waals surface area contributed by atoms with Gasteiger partial charge in [0.15, 0.2) is 16.6 Å². The fourth-order valence-electron chi connectivity index (χ4n) is 2.11. The van der Waals surface area contributed by atoms with Crippen molar-refractivity contribution < 1.29 is 13.2 Å². The molecule has 0 saturated carbocycles. The van der Waals surface area contributed by atoms with Crippen molar-refractivity contribution >= 4 is 39.9 Å². The van der Waals surface area contributed by atoms with E-state index in [2.05, 4.69) is 30.8 Å². The predicted molar refractivity (Wildman–Crippen MR) is 96.9 cm³/mol. The number of aromatic amines is 1. The maximum absolute atomic E-state index is 12.5.